The van der Waals surface area contributed by atoms with Crippen LogP contribution in [-0.2, 0) is 23.2 Å². The van der Waals surface area contributed by atoms with Gasteiger partial charge in [0.2, 0.25) is 5.82 Å². The lowest BCUT2D eigenvalue weighted by molar-refractivity contribution is -0.120. The molecule has 0 saturated heterocycles. The molecule has 2 aromatic heterocycles. The molecule has 9 nitrogen and oxygen atoms in total. The third-order valence-corrected chi connectivity index (χ3v) is 7.76. The molecular formula is C27H33N7O2. The van der Waals surface area contributed by atoms with Crippen LogP contribution in [-0.4, -0.2) is 41.8 Å². The molecule has 1 fully saturated rings. The van der Waals surface area contributed by atoms with Crippen LogP contribution in [0.4, 0.5) is 0 Å². The summed E-state index contributed by atoms with van der Waals surface area (Å²) in [6.45, 7) is 4.72. The number of aromatic amines is 1. The number of hydrogen-bond donors (Lipinski definition) is 1. The highest BCUT2D eigenvalue weighted by molar-refractivity contribution is 5.85. The Bertz CT molecular complexity index is 1330. The maximum Gasteiger partial charge on any atom is 0.329 e. The van der Waals surface area contributed by atoms with Crippen molar-refractivity contribution < 1.29 is 4.79 Å². The molecule has 1 aromatic carbocycles. The summed E-state index contributed by atoms with van der Waals surface area (Å²) in [5.74, 6) is 0.917. The normalized spacial score (nSPS) is 23.6. The zero-order valence-corrected chi connectivity index (χ0v) is 20.9. The number of aromatic nitrogens is 6. The summed E-state index contributed by atoms with van der Waals surface area (Å²) in [5.41, 5.74) is 2.33. The van der Waals surface area contributed by atoms with Crippen LogP contribution < -0.4 is 5.69 Å². The first kappa shape index (κ1) is 24.1. The summed E-state index contributed by atoms with van der Waals surface area (Å²) in [5, 5.41) is 14.5. The predicted octanol–water partition coefficient (Wildman–Crippen LogP) is 4.03. The Labute approximate surface area is 210 Å². The summed E-state index contributed by atoms with van der Waals surface area (Å²) in [7, 11) is 0. The van der Waals surface area contributed by atoms with Crippen molar-refractivity contribution in [2.24, 2.45) is 10.9 Å². The lowest BCUT2D eigenvalue weighted by Crippen LogP contribution is -2.38. The Morgan fingerprint density at radius 1 is 1.22 bits per heavy atom. The summed E-state index contributed by atoms with van der Waals surface area (Å²) >= 11 is 0. The van der Waals surface area contributed by atoms with Gasteiger partial charge in [0.15, 0.2) is 5.78 Å². The van der Waals surface area contributed by atoms with Crippen molar-refractivity contribution in [3.63, 3.8) is 0 Å². The number of benzene rings is 1. The van der Waals surface area contributed by atoms with Crippen LogP contribution in [0.5, 0.6) is 0 Å². The molecule has 3 heterocycles. The summed E-state index contributed by atoms with van der Waals surface area (Å²) in [6, 6.07) is 7.72. The van der Waals surface area contributed by atoms with Crippen molar-refractivity contribution in [3.8, 4) is 11.4 Å². The molecule has 3 atom stereocenters. The van der Waals surface area contributed by atoms with E-state index in [1.807, 2.05) is 35.3 Å². The van der Waals surface area contributed by atoms with E-state index < -0.39 is 5.41 Å². The van der Waals surface area contributed by atoms with E-state index in [0.29, 0.717) is 25.2 Å². The number of aliphatic imine (C=N–C) groups is 1. The van der Waals surface area contributed by atoms with Crippen LogP contribution in [0, 0.1) is 5.92 Å². The predicted molar refractivity (Wildman–Crippen MR) is 138 cm³/mol. The number of carbonyl (C=O) groups excluding carboxylic acids is 1. The maximum atomic E-state index is 13.9. The number of unbranched alkanes of at least 4 members (excludes halogenated alkanes) is 1. The number of nitrogens with zero attached hydrogens (tertiary/aromatic N) is 6. The molecule has 1 N–H and O–H groups in total. The van der Waals surface area contributed by atoms with Crippen LogP contribution in [0.15, 0.2) is 52.5 Å². The summed E-state index contributed by atoms with van der Waals surface area (Å²) in [4.78, 5) is 31.1. The fourth-order valence-electron chi connectivity index (χ4n) is 5.67. The molecule has 5 rings (SSSR count). The van der Waals surface area contributed by atoms with E-state index in [9.17, 15) is 9.59 Å². The van der Waals surface area contributed by atoms with Crippen LogP contribution in [0.1, 0.15) is 69.7 Å². The minimum Gasteiger partial charge on any atom is -0.297 e. The Hall–Kier alpha value is -3.62. The highest BCUT2D eigenvalue weighted by Gasteiger charge is 2.38. The first-order valence-corrected chi connectivity index (χ1v) is 12.9. The molecule has 0 spiro atoms. The monoisotopic (exact) mass is 487 g/mol. The second-order valence-corrected chi connectivity index (χ2v) is 9.94. The van der Waals surface area contributed by atoms with Crippen molar-refractivity contribution in [3.05, 3.63) is 64.5 Å². The molecule has 1 saturated carbocycles. The number of carbonyl (C=O) groups is 1. The van der Waals surface area contributed by atoms with Crippen LogP contribution >= 0.6 is 0 Å². The SMILES string of the molecule is CCCCc1cn(C2C(=O)CCC2CC)c(=O)n1CC1(c2cccc(-c3nn[nH]n3)c2)C=CN=CC1. The molecular weight excluding hydrogens is 454 g/mol. The van der Waals surface area contributed by atoms with Gasteiger partial charge in [-0.15, -0.1) is 10.2 Å². The van der Waals surface area contributed by atoms with Gasteiger partial charge in [0, 0.05) is 48.2 Å². The van der Waals surface area contributed by atoms with E-state index in [0.717, 1.165) is 48.9 Å². The number of H-pyrrole nitrogens is 1. The molecule has 9 heteroatoms. The van der Waals surface area contributed by atoms with Gasteiger partial charge < -0.3 is 0 Å². The second kappa shape index (κ2) is 10.2. The molecule has 0 bridgehead atoms. The van der Waals surface area contributed by atoms with E-state index in [2.05, 4.69) is 57.7 Å². The molecule has 0 amide bonds. The van der Waals surface area contributed by atoms with Crippen LogP contribution in [0.3, 0.4) is 0 Å². The Morgan fingerprint density at radius 3 is 2.83 bits per heavy atom. The standard InChI is InChI=1S/C27H33N7O2/c1-3-5-9-22-17-33(24-19(4-2)10-11-23(24)35)26(36)34(22)18-27(12-14-28-15-13-27)21-8-6-7-20(16-21)25-29-31-32-30-25/h6-8,12,14-17,19,24H,3-5,9-11,13,18H2,1-2H3,(H,29,30,31,32). The number of rotatable bonds is 9. The quantitative estimate of drug-likeness (QED) is 0.490. The van der Waals surface area contributed by atoms with Crippen molar-refractivity contribution in [2.75, 3.05) is 0 Å². The van der Waals surface area contributed by atoms with Gasteiger partial charge in [0.05, 0.1) is 6.04 Å². The van der Waals surface area contributed by atoms with Gasteiger partial charge in [0.1, 0.15) is 0 Å². The second-order valence-electron chi connectivity index (χ2n) is 9.94. The number of tetrazole rings is 1. The van der Waals surface area contributed by atoms with Gasteiger partial charge in [-0.3, -0.25) is 18.9 Å². The molecule has 3 unspecified atom stereocenters. The maximum absolute atomic E-state index is 13.9. The van der Waals surface area contributed by atoms with E-state index in [1.165, 1.54) is 0 Å². The third-order valence-electron chi connectivity index (χ3n) is 7.76. The molecule has 0 radical (unpaired) electrons. The number of hydrogen-bond acceptors (Lipinski definition) is 6. The molecule has 36 heavy (non-hydrogen) atoms. The molecule has 1 aliphatic heterocycles. The lowest BCUT2D eigenvalue weighted by Gasteiger charge is -2.32. The van der Waals surface area contributed by atoms with E-state index in [1.54, 1.807) is 4.57 Å². The zero-order chi connectivity index (χ0) is 25.1. The first-order chi connectivity index (χ1) is 17.6. The number of Topliss-reactive ketones (excluding diaryl/α,β-unsaturated/α-hetero) is 1. The van der Waals surface area contributed by atoms with E-state index in [-0.39, 0.29) is 23.4 Å². The third kappa shape index (κ3) is 4.38. The van der Waals surface area contributed by atoms with Crippen LogP contribution in [0.2, 0.25) is 0 Å². The molecule has 188 valence electrons. The Kier molecular flexibility index (Phi) is 6.80. The van der Waals surface area contributed by atoms with E-state index >= 15 is 0 Å². The van der Waals surface area contributed by atoms with Gasteiger partial charge >= 0.3 is 5.69 Å². The van der Waals surface area contributed by atoms with Crippen molar-refractivity contribution in [1.29, 1.82) is 0 Å². The highest BCUT2D eigenvalue weighted by Crippen LogP contribution is 2.37. The average molecular weight is 488 g/mol. The van der Waals surface area contributed by atoms with Crippen molar-refractivity contribution in [1.82, 2.24) is 29.8 Å². The first-order valence-electron chi connectivity index (χ1n) is 12.9. The fraction of sp³-hybridized carbons (Fsp3) is 0.481. The molecule has 2 aliphatic rings. The fourth-order valence-corrected chi connectivity index (χ4v) is 5.67. The Morgan fingerprint density at radius 2 is 2.11 bits per heavy atom. The smallest absolute Gasteiger partial charge is 0.297 e. The molecule has 3 aromatic rings. The number of aryl methyl sites for hydroxylation is 1. The van der Waals surface area contributed by atoms with Gasteiger partial charge in [-0.1, -0.05) is 51.0 Å². The average Bonchev–Trinajstić information content (AvgIpc) is 3.64. The number of nitrogens with one attached hydrogen (secondary N) is 1. The van der Waals surface area contributed by atoms with Crippen molar-refractivity contribution in [2.45, 2.75) is 76.8 Å². The number of imidazole rings is 1. The summed E-state index contributed by atoms with van der Waals surface area (Å²) in [6.07, 6.45) is 13.5. The minimum atomic E-state index is -0.470. The number of allylic oxidation sites excluding steroid dienone is 1. The van der Waals surface area contributed by atoms with Crippen LogP contribution in [0.25, 0.3) is 11.4 Å². The van der Waals surface area contributed by atoms with E-state index in [4.69, 9.17) is 0 Å². The molecule has 1 aliphatic carbocycles. The van der Waals surface area contributed by atoms with Crippen molar-refractivity contribution >= 4 is 12.0 Å². The van der Waals surface area contributed by atoms with Gasteiger partial charge in [-0.2, -0.15) is 5.21 Å². The van der Waals surface area contributed by atoms with Gasteiger partial charge in [0.25, 0.3) is 0 Å². The van der Waals surface area contributed by atoms with Gasteiger partial charge in [-0.05, 0) is 48.4 Å². The number of ketones is 1. The largest absolute Gasteiger partial charge is 0.329 e. The Balaban J connectivity index is 1.59. The van der Waals surface area contributed by atoms with Gasteiger partial charge in [-0.25, -0.2) is 4.79 Å². The zero-order valence-electron chi connectivity index (χ0n) is 20.9. The highest BCUT2D eigenvalue weighted by atomic mass is 16.2. The topological polar surface area (TPSA) is 111 Å². The lowest BCUT2D eigenvalue weighted by atomic mass is 9.76. The minimum absolute atomic E-state index is 0.0931. The summed E-state index contributed by atoms with van der Waals surface area (Å²) < 4.78 is 3.64.